The molecule has 1 N–H and O–H groups in total. The van der Waals surface area contributed by atoms with E-state index in [0.717, 1.165) is 18.8 Å². The minimum Gasteiger partial charge on any atom is -0.492 e. The molecule has 3 nitrogen and oxygen atoms in total. The molecule has 0 aliphatic carbocycles. The minimum absolute atomic E-state index is 0.0177. The van der Waals surface area contributed by atoms with Crippen LogP contribution in [-0.4, -0.2) is 16.7 Å². The SMILES string of the molecule is CCCCCOc1ccc(CO)nc1. The van der Waals surface area contributed by atoms with Gasteiger partial charge in [0.05, 0.1) is 25.1 Å². The summed E-state index contributed by atoms with van der Waals surface area (Å²) in [4.78, 5) is 4.02. The number of aliphatic hydroxyl groups is 1. The Morgan fingerprint density at radius 1 is 1.36 bits per heavy atom. The van der Waals surface area contributed by atoms with Crippen molar-refractivity contribution in [2.24, 2.45) is 0 Å². The number of pyridine rings is 1. The van der Waals surface area contributed by atoms with Crippen molar-refractivity contribution in [1.29, 1.82) is 0 Å². The molecule has 0 aliphatic heterocycles. The van der Waals surface area contributed by atoms with E-state index in [1.165, 1.54) is 12.8 Å². The Morgan fingerprint density at radius 3 is 2.79 bits per heavy atom. The van der Waals surface area contributed by atoms with Gasteiger partial charge in [-0.1, -0.05) is 19.8 Å². The molecular weight excluding hydrogens is 178 g/mol. The number of hydrogen-bond donors (Lipinski definition) is 1. The van der Waals surface area contributed by atoms with Crippen molar-refractivity contribution in [3.8, 4) is 5.75 Å². The van der Waals surface area contributed by atoms with Crippen molar-refractivity contribution in [3.05, 3.63) is 24.0 Å². The second-order valence-corrected chi connectivity index (χ2v) is 3.20. The van der Waals surface area contributed by atoms with Crippen LogP contribution in [0.25, 0.3) is 0 Å². The van der Waals surface area contributed by atoms with E-state index in [2.05, 4.69) is 11.9 Å². The van der Waals surface area contributed by atoms with Gasteiger partial charge in [0.2, 0.25) is 0 Å². The van der Waals surface area contributed by atoms with Gasteiger partial charge in [0.25, 0.3) is 0 Å². The second-order valence-electron chi connectivity index (χ2n) is 3.20. The molecule has 0 atom stereocenters. The average Bonchev–Trinajstić information content (AvgIpc) is 2.25. The molecule has 0 fully saturated rings. The van der Waals surface area contributed by atoms with Gasteiger partial charge in [-0.2, -0.15) is 0 Å². The first-order chi connectivity index (χ1) is 6.86. The Hall–Kier alpha value is -1.09. The van der Waals surface area contributed by atoms with Crippen LogP contribution in [0.1, 0.15) is 31.9 Å². The zero-order chi connectivity index (χ0) is 10.2. The molecule has 0 amide bonds. The highest BCUT2D eigenvalue weighted by Gasteiger charge is 1.95. The van der Waals surface area contributed by atoms with Crippen LogP contribution < -0.4 is 4.74 Å². The lowest BCUT2D eigenvalue weighted by molar-refractivity contribution is 0.275. The van der Waals surface area contributed by atoms with Gasteiger partial charge in [-0.25, -0.2) is 0 Å². The van der Waals surface area contributed by atoms with Crippen LogP contribution in [0, 0.1) is 0 Å². The largest absolute Gasteiger partial charge is 0.492 e. The summed E-state index contributed by atoms with van der Waals surface area (Å²) < 4.78 is 5.46. The van der Waals surface area contributed by atoms with Gasteiger partial charge in [-0.15, -0.1) is 0 Å². The number of aliphatic hydroxyl groups excluding tert-OH is 1. The van der Waals surface area contributed by atoms with Gasteiger partial charge in [0, 0.05) is 0 Å². The van der Waals surface area contributed by atoms with Crippen molar-refractivity contribution in [3.63, 3.8) is 0 Å². The topological polar surface area (TPSA) is 42.4 Å². The van der Waals surface area contributed by atoms with E-state index < -0.39 is 0 Å². The molecule has 14 heavy (non-hydrogen) atoms. The first-order valence-corrected chi connectivity index (χ1v) is 5.05. The van der Waals surface area contributed by atoms with Gasteiger partial charge in [-0.3, -0.25) is 4.98 Å². The highest BCUT2D eigenvalue weighted by Crippen LogP contribution is 2.09. The predicted molar refractivity (Wildman–Crippen MR) is 55.2 cm³/mol. The van der Waals surface area contributed by atoms with Gasteiger partial charge >= 0.3 is 0 Å². The highest BCUT2D eigenvalue weighted by atomic mass is 16.5. The smallest absolute Gasteiger partial charge is 0.137 e. The molecule has 78 valence electrons. The molecule has 0 aliphatic rings. The third kappa shape index (κ3) is 3.75. The summed E-state index contributed by atoms with van der Waals surface area (Å²) in [6.07, 6.45) is 5.13. The van der Waals surface area contributed by atoms with Crippen LogP contribution in [0.4, 0.5) is 0 Å². The Labute approximate surface area is 84.7 Å². The van der Waals surface area contributed by atoms with Crippen molar-refractivity contribution >= 4 is 0 Å². The lowest BCUT2D eigenvalue weighted by Crippen LogP contribution is -1.98. The van der Waals surface area contributed by atoms with Crippen molar-refractivity contribution in [1.82, 2.24) is 4.98 Å². The summed E-state index contributed by atoms with van der Waals surface area (Å²) in [5.74, 6) is 0.776. The maximum absolute atomic E-state index is 8.77. The zero-order valence-corrected chi connectivity index (χ0v) is 8.57. The van der Waals surface area contributed by atoms with Crippen LogP contribution in [0.5, 0.6) is 5.75 Å². The summed E-state index contributed by atoms with van der Waals surface area (Å²) in [7, 11) is 0. The Bertz CT molecular complexity index is 246. The van der Waals surface area contributed by atoms with Gasteiger partial charge in [0.15, 0.2) is 0 Å². The first kappa shape index (κ1) is 11.0. The molecule has 1 aromatic heterocycles. The lowest BCUT2D eigenvalue weighted by Gasteiger charge is -2.05. The molecule has 1 heterocycles. The first-order valence-electron chi connectivity index (χ1n) is 5.05. The van der Waals surface area contributed by atoms with E-state index in [1.807, 2.05) is 6.07 Å². The van der Waals surface area contributed by atoms with Crippen LogP contribution in [-0.2, 0) is 6.61 Å². The van der Waals surface area contributed by atoms with Crippen molar-refractivity contribution in [2.75, 3.05) is 6.61 Å². The molecule has 3 heteroatoms. The lowest BCUT2D eigenvalue weighted by atomic mass is 10.3. The second kappa shape index (κ2) is 6.38. The Kier molecular flexibility index (Phi) is 5.00. The maximum atomic E-state index is 8.77. The highest BCUT2D eigenvalue weighted by molar-refractivity contribution is 5.19. The van der Waals surface area contributed by atoms with Gasteiger partial charge in [0.1, 0.15) is 5.75 Å². The molecule has 0 aromatic carbocycles. The number of aromatic nitrogens is 1. The normalized spacial score (nSPS) is 10.1. The molecule has 1 rings (SSSR count). The predicted octanol–water partition coefficient (Wildman–Crippen LogP) is 2.14. The van der Waals surface area contributed by atoms with Crippen LogP contribution >= 0.6 is 0 Å². The third-order valence-electron chi connectivity index (χ3n) is 1.98. The molecule has 0 saturated heterocycles. The summed E-state index contributed by atoms with van der Waals surface area (Å²) in [5, 5.41) is 8.77. The fraction of sp³-hybridized carbons (Fsp3) is 0.545. The molecule has 0 radical (unpaired) electrons. The summed E-state index contributed by atoms with van der Waals surface area (Å²) in [6, 6.07) is 3.61. The van der Waals surface area contributed by atoms with E-state index in [0.29, 0.717) is 5.69 Å². The van der Waals surface area contributed by atoms with E-state index in [1.54, 1.807) is 12.3 Å². The van der Waals surface area contributed by atoms with E-state index in [4.69, 9.17) is 9.84 Å². The number of ether oxygens (including phenoxy) is 1. The van der Waals surface area contributed by atoms with Crippen molar-refractivity contribution < 1.29 is 9.84 Å². The maximum Gasteiger partial charge on any atom is 0.137 e. The quantitative estimate of drug-likeness (QED) is 0.707. The standard InChI is InChI=1S/C11H17NO2/c1-2-3-4-7-14-11-6-5-10(9-13)12-8-11/h5-6,8,13H,2-4,7,9H2,1H3. The minimum atomic E-state index is -0.0177. The van der Waals surface area contributed by atoms with Crippen LogP contribution in [0.3, 0.4) is 0 Å². The Morgan fingerprint density at radius 2 is 2.21 bits per heavy atom. The van der Waals surface area contributed by atoms with Gasteiger partial charge < -0.3 is 9.84 Å². The molecular formula is C11H17NO2. The average molecular weight is 195 g/mol. The van der Waals surface area contributed by atoms with E-state index in [-0.39, 0.29) is 6.61 Å². The molecule has 0 spiro atoms. The monoisotopic (exact) mass is 195 g/mol. The Balaban J connectivity index is 2.29. The number of rotatable bonds is 6. The van der Waals surface area contributed by atoms with Crippen LogP contribution in [0.2, 0.25) is 0 Å². The van der Waals surface area contributed by atoms with Crippen LogP contribution in [0.15, 0.2) is 18.3 Å². The summed E-state index contributed by atoms with van der Waals surface area (Å²) >= 11 is 0. The zero-order valence-electron chi connectivity index (χ0n) is 8.57. The van der Waals surface area contributed by atoms with E-state index >= 15 is 0 Å². The molecule has 0 bridgehead atoms. The summed E-state index contributed by atoms with van der Waals surface area (Å²) in [6.45, 7) is 2.89. The molecule has 0 unspecified atom stereocenters. The number of hydrogen-bond acceptors (Lipinski definition) is 3. The molecule has 1 aromatic rings. The number of nitrogens with zero attached hydrogens (tertiary/aromatic N) is 1. The molecule has 0 saturated carbocycles. The fourth-order valence-electron chi connectivity index (χ4n) is 1.13. The summed E-state index contributed by atoms with van der Waals surface area (Å²) in [5.41, 5.74) is 0.672. The third-order valence-corrected chi connectivity index (χ3v) is 1.98. The van der Waals surface area contributed by atoms with Gasteiger partial charge in [-0.05, 0) is 18.6 Å². The van der Waals surface area contributed by atoms with E-state index in [9.17, 15) is 0 Å². The van der Waals surface area contributed by atoms with Crippen molar-refractivity contribution in [2.45, 2.75) is 32.8 Å². The number of unbranched alkanes of at least 4 members (excludes halogenated alkanes) is 2. The fourth-order valence-corrected chi connectivity index (χ4v) is 1.13.